The van der Waals surface area contributed by atoms with E-state index in [9.17, 15) is 14.9 Å². The number of carbonyl (C=O) groups excluding carboxylic acids is 1. The number of hydrogen-bond acceptors (Lipinski definition) is 6. The molecular weight excluding hydrogens is 298 g/mol. The average Bonchev–Trinajstić information content (AvgIpc) is 2.58. The monoisotopic (exact) mass is 313 g/mol. The number of nitro groups is 1. The summed E-state index contributed by atoms with van der Waals surface area (Å²) in [5, 5.41) is 16.5. The molecule has 0 radical (unpaired) electrons. The lowest BCUT2D eigenvalue weighted by molar-refractivity contribution is -0.385. The molecule has 2 rings (SSSR count). The van der Waals surface area contributed by atoms with Crippen LogP contribution in [0.1, 0.15) is 5.56 Å². The number of nitro benzene ring substituents is 1. The van der Waals surface area contributed by atoms with Gasteiger partial charge in [0.05, 0.1) is 10.5 Å². The summed E-state index contributed by atoms with van der Waals surface area (Å²) < 4.78 is 0. The zero-order valence-corrected chi connectivity index (χ0v) is 12.2. The lowest BCUT2D eigenvalue weighted by Gasteiger charge is -2.04. The van der Waals surface area contributed by atoms with E-state index in [1.54, 1.807) is 36.7 Å². The van der Waals surface area contributed by atoms with Gasteiger partial charge in [0, 0.05) is 37.6 Å². The fourth-order valence-electron chi connectivity index (χ4n) is 1.77. The second-order valence-corrected chi connectivity index (χ2v) is 4.44. The average molecular weight is 313 g/mol. The van der Waals surface area contributed by atoms with Crippen LogP contribution in [0.25, 0.3) is 6.08 Å². The van der Waals surface area contributed by atoms with Crippen LogP contribution in [0.2, 0.25) is 0 Å². The standard InChI is InChI=1S/C15H15N5O3/c21-14(16-10-11-19-15-17-8-3-9-18-15)7-6-12-4-1-2-5-13(12)20(22)23/h1-9H,10-11H2,(H,16,21)(H,17,18,19)/b7-6-. The van der Waals surface area contributed by atoms with Gasteiger partial charge in [-0.3, -0.25) is 14.9 Å². The Bertz CT molecular complexity index is 703. The summed E-state index contributed by atoms with van der Waals surface area (Å²) in [6.07, 6.45) is 5.91. The number of para-hydroxylation sites is 1. The highest BCUT2D eigenvalue weighted by molar-refractivity contribution is 5.92. The van der Waals surface area contributed by atoms with Crippen molar-refractivity contribution in [2.75, 3.05) is 18.4 Å². The molecule has 0 spiro atoms. The molecule has 8 nitrogen and oxygen atoms in total. The summed E-state index contributed by atoms with van der Waals surface area (Å²) in [6, 6.07) is 7.93. The van der Waals surface area contributed by atoms with Crippen molar-refractivity contribution in [3.05, 3.63) is 64.5 Å². The Kier molecular flexibility index (Phi) is 5.75. The third-order valence-electron chi connectivity index (χ3n) is 2.82. The number of anilines is 1. The van der Waals surface area contributed by atoms with Gasteiger partial charge in [-0.15, -0.1) is 0 Å². The van der Waals surface area contributed by atoms with Gasteiger partial charge in [-0.1, -0.05) is 12.1 Å². The second kappa shape index (κ2) is 8.23. The normalized spacial score (nSPS) is 10.4. The third kappa shape index (κ3) is 5.20. The molecule has 0 saturated heterocycles. The Labute approximate surface area is 132 Å². The molecule has 23 heavy (non-hydrogen) atoms. The number of amides is 1. The van der Waals surface area contributed by atoms with E-state index >= 15 is 0 Å². The maximum Gasteiger partial charge on any atom is 0.276 e. The fraction of sp³-hybridized carbons (Fsp3) is 0.133. The van der Waals surface area contributed by atoms with Crippen molar-refractivity contribution in [2.45, 2.75) is 0 Å². The van der Waals surface area contributed by atoms with Gasteiger partial charge in [0.25, 0.3) is 5.69 Å². The molecule has 0 saturated carbocycles. The number of benzene rings is 1. The second-order valence-electron chi connectivity index (χ2n) is 4.44. The van der Waals surface area contributed by atoms with Gasteiger partial charge in [-0.05, 0) is 18.2 Å². The third-order valence-corrected chi connectivity index (χ3v) is 2.82. The number of nitrogens with zero attached hydrogens (tertiary/aromatic N) is 3. The Balaban J connectivity index is 1.80. The highest BCUT2D eigenvalue weighted by Crippen LogP contribution is 2.18. The number of rotatable bonds is 7. The topological polar surface area (TPSA) is 110 Å². The molecule has 118 valence electrons. The predicted octanol–water partition coefficient (Wildman–Crippen LogP) is 1.63. The van der Waals surface area contributed by atoms with Crippen LogP contribution in [0.15, 0.2) is 48.8 Å². The lowest BCUT2D eigenvalue weighted by atomic mass is 10.1. The van der Waals surface area contributed by atoms with Crippen molar-refractivity contribution in [1.82, 2.24) is 15.3 Å². The molecule has 2 aromatic rings. The molecule has 2 N–H and O–H groups in total. The molecule has 0 aliphatic carbocycles. The molecule has 0 aliphatic rings. The van der Waals surface area contributed by atoms with Crippen LogP contribution in [0.5, 0.6) is 0 Å². The minimum Gasteiger partial charge on any atom is -0.352 e. The Hall–Kier alpha value is -3.29. The fourth-order valence-corrected chi connectivity index (χ4v) is 1.77. The van der Waals surface area contributed by atoms with Gasteiger partial charge in [-0.2, -0.15) is 0 Å². The Morgan fingerprint density at radius 1 is 1.17 bits per heavy atom. The van der Waals surface area contributed by atoms with Crippen molar-refractivity contribution in [1.29, 1.82) is 0 Å². The highest BCUT2D eigenvalue weighted by atomic mass is 16.6. The van der Waals surface area contributed by atoms with Gasteiger partial charge in [-0.25, -0.2) is 9.97 Å². The lowest BCUT2D eigenvalue weighted by Crippen LogP contribution is -2.27. The van der Waals surface area contributed by atoms with Crippen molar-refractivity contribution < 1.29 is 9.72 Å². The first-order chi connectivity index (χ1) is 11.2. The predicted molar refractivity (Wildman–Crippen MR) is 85.7 cm³/mol. The molecule has 8 heteroatoms. The minimum atomic E-state index is -0.485. The van der Waals surface area contributed by atoms with E-state index in [0.29, 0.717) is 24.6 Å². The van der Waals surface area contributed by atoms with Crippen LogP contribution < -0.4 is 10.6 Å². The van der Waals surface area contributed by atoms with Gasteiger partial charge in [0.1, 0.15) is 0 Å². The van der Waals surface area contributed by atoms with Crippen LogP contribution >= 0.6 is 0 Å². The minimum absolute atomic E-state index is 0.0422. The molecule has 1 amide bonds. The van der Waals surface area contributed by atoms with E-state index in [2.05, 4.69) is 20.6 Å². The van der Waals surface area contributed by atoms with Gasteiger partial charge in [0.15, 0.2) is 0 Å². The summed E-state index contributed by atoms with van der Waals surface area (Å²) in [5.74, 6) is 0.149. The number of carbonyl (C=O) groups is 1. The zero-order chi connectivity index (χ0) is 16.5. The molecule has 0 aliphatic heterocycles. The van der Waals surface area contributed by atoms with E-state index in [1.165, 1.54) is 18.2 Å². The maximum atomic E-state index is 11.7. The Morgan fingerprint density at radius 2 is 1.91 bits per heavy atom. The number of hydrogen-bond donors (Lipinski definition) is 2. The van der Waals surface area contributed by atoms with E-state index in [-0.39, 0.29) is 11.6 Å². The van der Waals surface area contributed by atoms with Crippen molar-refractivity contribution in [2.24, 2.45) is 0 Å². The first-order valence-electron chi connectivity index (χ1n) is 6.87. The molecule has 1 heterocycles. The summed E-state index contributed by atoms with van der Waals surface area (Å²) in [5.41, 5.74) is 0.336. The number of aromatic nitrogens is 2. The van der Waals surface area contributed by atoms with Gasteiger partial charge < -0.3 is 10.6 Å². The van der Waals surface area contributed by atoms with E-state index < -0.39 is 4.92 Å². The van der Waals surface area contributed by atoms with Crippen molar-refractivity contribution >= 4 is 23.6 Å². The SMILES string of the molecule is O=C(/C=C\c1ccccc1[N+](=O)[O-])NCCNc1ncccn1. The maximum absolute atomic E-state index is 11.7. The van der Waals surface area contributed by atoms with Crippen LogP contribution in [-0.4, -0.2) is 33.9 Å². The first kappa shape index (κ1) is 16.1. The van der Waals surface area contributed by atoms with Gasteiger partial charge in [0.2, 0.25) is 11.9 Å². The number of nitrogens with one attached hydrogen (secondary N) is 2. The van der Waals surface area contributed by atoms with Crippen LogP contribution in [0.3, 0.4) is 0 Å². The smallest absolute Gasteiger partial charge is 0.276 e. The van der Waals surface area contributed by atoms with Gasteiger partial charge >= 0.3 is 0 Å². The van der Waals surface area contributed by atoms with Crippen LogP contribution in [-0.2, 0) is 4.79 Å². The molecule has 0 unspecified atom stereocenters. The largest absolute Gasteiger partial charge is 0.352 e. The van der Waals surface area contributed by atoms with E-state index in [1.807, 2.05) is 0 Å². The zero-order valence-electron chi connectivity index (χ0n) is 12.2. The summed E-state index contributed by atoms with van der Waals surface area (Å²) in [7, 11) is 0. The van der Waals surface area contributed by atoms with Crippen LogP contribution in [0.4, 0.5) is 11.6 Å². The Morgan fingerprint density at radius 3 is 2.65 bits per heavy atom. The molecule has 0 fully saturated rings. The van der Waals surface area contributed by atoms with E-state index in [0.717, 1.165) is 0 Å². The summed E-state index contributed by atoms with van der Waals surface area (Å²) >= 11 is 0. The molecular formula is C15H15N5O3. The summed E-state index contributed by atoms with van der Waals surface area (Å²) in [6.45, 7) is 0.841. The van der Waals surface area contributed by atoms with Crippen LogP contribution in [0, 0.1) is 10.1 Å². The summed E-state index contributed by atoms with van der Waals surface area (Å²) in [4.78, 5) is 30.0. The molecule has 0 atom stereocenters. The van der Waals surface area contributed by atoms with Crippen molar-refractivity contribution in [3.8, 4) is 0 Å². The van der Waals surface area contributed by atoms with Crippen molar-refractivity contribution in [3.63, 3.8) is 0 Å². The quantitative estimate of drug-likeness (QED) is 0.348. The van der Waals surface area contributed by atoms with E-state index in [4.69, 9.17) is 0 Å². The highest BCUT2D eigenvalue weighted by Gasteiger charge is 2.09. The molecule has 1 aromatic heterocycles. The molecule has 0 bridgehead atoms. The first-order valence-corrected chi connectivity index (χ1v) is 6.87. The molecule has 1 aromatic carbocycles.